The maximum atomic E-state index is 12.4. The number of para-hydroxylation sites is 1. The van der Waals surface area contributed by atoms with Gasteiger partial charge in [-0.3, -0.25) is 4.79 Å². The SMILES string of the molecule is Cc1cc(N)nc(SCC(=O)N2CCN(c3ccccc3)CC2)n1. The van der Waals surface area contributed by atoms with Crippen molar-refractivity contribution >= 4 is 29.2 Å². The van der Waals surface area contributed by atoms with E-state index < -0.39 is 0 Å². The zero-order chi connectivity index (χ0) is 16.9. The molecule has 24 heavy (non-hydrogen) atoms. The average Bonchev–Trinajstić information content (AvgIpc) is 2.60. The Morgan fingerprint density at radius 3 is 2.54 bits per heavy atom. The van der Waals surface area contributed by atoms with Crippen molar-refractivity contribution in [1.82, 2.24) is 14.9 Å². The van der Waals surface area contributed by atoms with E-state index in [1.807, 2.05) is 30.0 Å². The number of carbonyl (C=O) groups excluding carboxylic acids is 1. The van der Waals surface area contributed by atoms with Gasteiger partial charge in [0.2, 0.25) is 5.91 Å². The van der Waals surface area contributed by atoms with Gasteiger partial charge in [0.05, 0.1) is 5.75 Å². The molecule has 1 aliphatic rings. The molecule has 3 rings (SSSR count). The Morgan fingerprint density at radius 2 is 1.88 bits per heavy atom. The second kappa shape index (κ2) is 7.53. The lowest BCUT2D eigenvalue weighted by atomic mass is 10.2. The van der Waals surface area contributed by atoms with Crippen LogP contribution in [0.15, 0.2) is 41.6 Å². The quantitative estimate of drug-likeness (QED) is 0.674. The molecule has 0 radical (unpaired) electrons. The lowest BCUT2D eigenvalue weighted by Crippen LogP contribution is -2.49. The Labute approximate surface area is 146 Å². The fourth-order valence-corrected chi connectivity index (χ4v) is 3.51. The van der Waals surface area contributed by atoms with Crippen molar-refractivity contribution in [3.63, 3.8) is 0 Å². The van der Waals surface area contributed by atoms with Crippen molar-refractivity contribution in [3.05, 3.63) is 42.1 Å². The molecule has 2 aromatic rings. The number of benzene rings is 1. The van der Waals surface area contributed by atoms with Crippen molar-refractivity contribution in [2.45, 2.75) is 12.1 Å². The zero-order valence-electron chi connectivity index (χ0n) is 13.7. The summed E-state index contributed by atoms with van der Waals surface area (Å²) in [5.74, 6) is 0.902. The molecule has 0 atom stereocenters. The standard InChI is InChI=1S/C17H21N5OS/c1-13-11-15(18)20-17(19-13)24-12-16(23)22-9-7-21(8-10-22)14-5-3-2-4-6-14/h2-6,11H,7-10,12H2,1H3,(H2,18,19,20). The molecule has 0 bridgehead atoms. The number of rotatable bonds is 4. The number of anilines is 2. The van der Waals surface area contributed by atoms with E-state index in [0.29, 0.717) is 16.7 Å². The summed E-state index contributed by atoms with van der Waals surface area (Å²) in [5.41, 5.74) is 7.74. The molecule has 1 aliphatic heterocycles. The summed E-state index contributed by atoms with van der Waals surface area (Å²) in [5, 5.41) is 0.559. The molecule has 126 valence electrons. The Morgan fingerprint density at radius 1 is 1.17 bits per heavy atom. The van der Waals surface area contributed by atoms with Gasteiger partial charge in [0.25, 0.3) is 0 Å². The minimum absolute atomic E-state index is 0.122. The number of thioether (sulfide) groups is 1. The highest BCUT2D eigenvalue weighted by atomic mass is 32.2. The molecule has 1 aromatic heterocycles. The summed E-state index contributed by atoms with van der Waals surface area (Å²) in [6, 6.07) is 12.0. The predicted octanol–water partition coefficient (Wildman–Crippen LogP) is 1.81. The summed E-state index contributed by atoms with van der Waals surface area (Å²) in [6.45, 7) is 5.06. The van der Waals surface area contributed by atoms with Crippen molar-refractivity contribution in [2.75, 3.05) is 42.6 Å². The topological polar surface area (TPSA) is 75.3 Å². The van der Waals surface area contributed by atoms with Gasteiger partial charge in [0, 0.05) is 43.6 Å². The van der Waals surface area contributed by atoms with Crippen LogP contribution in [0, 0.1) is 6.92 Å². The van der Waals surface area contributed by atoms with Crippen molar-refractivity contribution < 1.29 is 4.79 Å². The van der Waals surface area contributed by atoms with Gasteiger partial charge in [-0.15, -0.1) is 0 Å². The zero-order valence-corrected chi connectivity index (χ0v) is 14.5. The fraction of sp³-hybridized carbons (Fsp3) is 0.353. The largest absolute Gasteiger partial charge is 0.384 e. The number of aryl methyl sites for hydroxylation is 1. The second-order valence-corrected chi connectivity index (χ2v) is 6.65. The molecule has 2 N–H and O–H groups in total. The molecule has 0 aliphatic carbocycles. The summed E-state index contributed by atoms with van der Waals surface area (Å²) in [7, 11) is 0. The lowest BCUT2D eigenvalue weighted by molar-refractivity contribution is -0.128. The first-order valence-electron chi connectivity index (χ1n) is 7.93. The predicted molar refractivity (Wildman–Crippen MR) is 97.1 cm³/mol. The number of carbonyl (C=O) groups is 1. The van der Waals surface area contributed by atoms with E-state index in [4.69, 9.17) is 5.73 Å². The summed E-state index contributed by atoms with van der Waals surface area (Å²) >= 11 is 1.34. The molecule has 2 heterocycles. The third kappa shape index (κ3) is 4.17. The van der Waals surface area contributed by atoms with Crippen molar-refractivity contribution in [1.29, 1.82) is 0 Å². The van der Waals surface area contributed by atoms with Crippen LogP contribution in [0.2, 0.25) is 0 Å². The van der Waals surface area contributed by atoms with Gasteiger partial charge < -0.3 is 15.5 Å². The van der Waals surface area contributed by atoms with Crippen LogP contribution in [0.3, 0.4) is 0 Å². The van der Waals surface area contributed by atoms with Crippen LogP contribution in [0.1, 0.15) is 5.69 Å². The van der Waals surface area contributed by atoms with Gasteiger partial charge in [-0.25, -0.2) is 9.97 Å². The number of hydrogen-bond donors (Lipinski definition) is 1. The fourth-order valence-electron chi connectivity index (χ4n) is 2.70. The first-order valence-corrected chi connectivity index (χ1v) is 8.92. The highest BCUT2D eigenvalue weighted by Crippen LogP contribution is 2.18. The Kier molecular flexibility index (Phi) is 5.20. The van der Waals surface area contributed by atoms with Gasteiger partial charge >= 0.3 is 0 Å². The van der Waals surface area contributed by atoms with Gasteiger partial charge in [-0.05, 0) is 19.1 Å². The van der Waals surface area contributed by atoms with E-state index >= 15 is 0 Å². The van der Waals surface area contributed by atoms with Crippen LogP contribution in [0.5, 0.6) is 0 Å². The molecular formula is C17H21N5OS. The number of aromatic nitrogens is 2. The summed E-state index contributed by atoms with van der Waals surface area (Å²) in [4.78, 5) is 25.0. The third-order valence-electron chi connectivity index (χ3n) is 3.93. The number of nitrogens with two attached hydrogens (primary N) is 1. The molecule has 0 spiro atoms. The third-order valence-corrected chi connectivity index (χ3v) is 4.76. The first kappa shape index (κ1) is 16.6. The molecule has 7 heteroatoms. The van der Waals surface area contributed by atoms with Gasteiger partial charge in [-0.1, -0.05) is 30.0 Å². The molecule has 1 saturated heterocycles. The van der Waals surface area contributed by atoms with Crippen LogP contribution < -0.4 is 10.6 Å². The highest BCUT2D eigenvalue weighted by Gasteiger charge is 2.21. The van der Waals surface area contributed by atoms with Crippen LogP contribution in [0.4, 0.5) is 11.5 Å². The highest BCUT2D eigenvalue weighted by molar-refractivity contribution is 7.99. The maximum absolute atomic E-state index is 12.4. The molecule has 6 nitrogen and oxygen atoms in total. The molecule has 1 amide bonds. The summed E-state index contributed by atoms with van der Waals surface area (Å²) in [6.07, 6.45) is 0. The molecule has 1 aromatic carbocycles. The number of nitrogen functional groups attached to an aromatic ring is 1. The average molecular weight is 343 g/mol. The Balaban J connectivity index is 1.50. The lowest BCUT2D eigenvalue weighted by Gasteiger charge is -2.36. The second-order valence-electron chi connectivity index (χ2n) is 5.71. The minimum atomic E-state index is 0.122. The van der Waals surface area contributed by atoms with Crippen molar-refractivity contribution in [2.24, 2.45) is 0 Å². The first-order chi connectivity index (χ1) is 11.6. The van der Waals surface area contributed by atoms with E-state index in [2.05, 4.69) is 27.0 Å². The van der Waals surface area contributed by atoms with Crippen LogP contribution in [-0.4, -0.2) is 52.7 Å². The summed E-state index contributed by atoms with van der Waals surface area (Å²) < 4.78 is 0. The van der Waals surface area contributed by atoms with Crippen molar-refractivity contribution in [3.8, 4) is 0 Å². The van der Waals surface area contributed by atoms with E-state index in [1.54, 1.807) is 6.07 Å². The van der Waals surface area contributed by atoms with E-state index in [0.717, 1.165) is 31.9 Å². The number of piperazine rings is 1. The van der Waals surface area contributed by atoms with Gasteiger partial charge in [0.15, 0.2) is 5.16 Å². The molecular weight excluding hydrogens is 322 g/mol. The Hall–Kier alpha value is -2.28. The number of amides is 1. The monoisotopic (exact) mass is 343 g/mol. The van der Waals surface area contributed by atoms with E-state index in [1.165, 1.54) is 17.4 Å². The van der Waals surface area contributed by atoms with Gasteiger partial charge in [-0.2, -0.15) is 0 Å². The van der Waals surface area contributed by atoms with Crippen LogP contribution in [0.25, 0.3) is 0 Å². The van der Waals surface area contributed by atoms with E-state index in [-0.39, 0.29) is 5.91 Å². The van der Waals surface area contributed by atoms with Crippen LogP contribution in [-0.2, 0) is 4.79 Å². The normalized spacial score (nSPS) is 14.7. The molecule has 0 unspecified atom stereocenters. The maximum Gasteiger partial charge on any atom is 0.233 e. The number of nitrogens with zero attached hydrogens (tertiary/aromatic N) is 4. The number of hydrogen-bond acceptors (Lipinski definition) is 6. The molecule has 0 saturated carbocycles. The Bertz CT molecular complexity index is 681. The minimum Gasteiger partial charge on any atom is -0.384 e. The van der Waals surface area contributed by atoms with Gasteiger partial charge in [0.1, 0.15) is 5.82 Å². The smallest absolute Gasteiger partial charge is 0.233 e. The van der Waals surface area contributed by atoms with E-state index in [9.17, 15) is 4.79 Å². The van der Waals surface area contributed by atoms with Crippen LogP contribution >= 0.6 is 11.8 Å². The molecule has 1 fully saturated rings.